The number of carbonyl (C=O) groups is 1. The lowest BCUT2D eigenvalue weighted by Crippen LogP contribution is -2.53. The number of anilines is 1. The van der Waals surface area contributed by atoms with Crippen molar-refractivity contribution in [2.24, 2.45) is 11.3 Å². The second kappa shape index (κ2) is 9.22. The number of rotatable bonds is 2. The quantitative estimate of drug-likeness (QED) is 0.536. The maximum absolute atomic E-state index is 13.8. The molecule has 0 spiro atoms. The van der Waals surface area contributed by atoms with Crippen LogP contribution in [0.15, 0.2) is 71.3 Å². The van der Waals surface area contributed by atoms with Gasteiger partial charge in [0, 0.05) is 43.1 Å². The van der Waals surface area contributed by atoms with Gasteiger partial charge in [-0.2, -0.15) is 0 Å². The monoisotopic (exact) mass is 511 g/mol. The van der Waals surface area contributed by atoms with E-state index in [1.165, 1.54) is 28.8 Å². The molecule has 0 saturated heterocycles. The predicted octanol–water partition coefficient (Wildman–Crippen LogP) is 5.56. The summed E-state index contributed by atoms with van der Waals surface area (Å²) < 4.78 is 20.4. The molecule has 1 heterocycles. The molecular formula is C33H34FNO3. The van der Waals surface area contributed by atoms with E-state index in [4.69, 9.17) is 4.74 Å². The highest BCUT2D eigenvalue weighted by molar-refractivity contribution is 5.93. The van der Waals surface area contributed by atoms with Crippen LogP contribution in [0.4, 0.5) is 10.1 Å². The van der Waals surface area contributed by atoms with Crippen molar-refractivity contribution < 1.29 is 19.0 Å². The standard InChI is InChI=1S/C33H34FNO3/c1-32-19-28(22-7-9-25(10-8-22)35(2)3)30-27-12-11-26(36)18-23(27)20-38-31(30)29(32)14-16-33(32,37)15-13-21-5-4-6-24(34)17-21/h4-10,17-18,28-29,31,37H,11-12,14,16,19-20H2,1-3H3. The van der Waals surface area contributed by atoms with Gasteiger partial charge in [0.15, 0.2) is 5.78 Å². The first kappa shape index (κ1) is 25.1. The van der Waals surface area contributed by atoms with Gasteiger partial charge in [0.2, 0.25) is 0 Å². The maximum Gasteiger partial charge on any atom is 0.156 e. The maximum atomic E-state index is 13.8. The van der Waals surface area contributed by atoms with Crippen molar-refractivity contribution >= 4 is 11.5 Å². The normalized spacial score (nSPS) is 32.0. The molecule has 0 amide bonds. The van der Waals surface area contributed by atoms with Gasteiger partial charge in [-0.05, 0) is 90.3 Å². The number of nitrogens with zero attached hydrogens (tertiary/aromatic N) is 1. The lowest BCUT2D eigenvalue weighted by Gasteiger charge is -2.53. The van der Waals surface area contributed by atoms with E-state index in [2.05, 4.69) is 47.9 Å². The summed E-state index contributed by atoms with van der Waals surface area (Å²) in [5, 5.41) is 12.1. The number of hydrogen-bond acceptors (Lipinski definition) is 4. The average Bonchev–Trinajstić information content (AvgIpc) is 3.17. The molecule has 0 aromatic heterocycles. The highest BCUT2D eigenvalue weighted by atomic mass is 19.1. The third-order valence-electron chi connectivity index (χ3n) is 9.42. The number of allylic oxidation sites excluding steroid dienone is 1. The van der Waals surface area contributed by atoms with Crippen molar-refractivity contribution in [1.82, 2.24) is 0 Å². The predicted molar refractivity (Wildman–Crippen MR) is 146 cm³/mol. The van der Waals surface area contributed by atoms with Gasteiger partial charge in [-0.15, -0.1) is 0 Å². The number of halogens is 1. The Morgan fingerprint density at radius 1 is 1.13 bits per heavy atom. The zero-order valence-electron chi connectivity index (χ0n) is 22.3. The second-order valence-electron chi connectivity index (χ2n) is 11.7. The Morgan fingerprint density at radius 2 is 1.92 bits per heavy atom. The molecule has 6 rings (SSSR count). The average molecular weight is 512 g/mol. The summed E-state index contributed by atoms with van der Waals surface area (Å²) in [5.74, 6) is 6.26. The summed E-state index contributed by atoms with van der Waals surface area (Å²) >= 11 is 0. The van der Waals surface area contributed by atoms with Crippen LogP contribution >= 0.6 is 0 Å². The van der Waals surface area contributed by atoms with Crippen LogP contribution in [0.3, 0.4) is 0 Å². The first-order valence-electron chi connectivity index (χ1n) is 13.6. The molecule has 2 fully saturated rings. The van der Waals surface area contributed by atoms with E-state index in [9.17, 15) is 14.3 Å². The van der Waals surface area contributed by atoms with Crippen LogP contribution in [0.25, 0.3) is 0 Å². The Labute approximate surface area is 224 Å². The van der Waals surface area contributed by atoms with Crippen LogP contribution in [0.5, 0.6) is 0 Å². The molecule has 1 aliphatic heterocycles. The summed E-state index contributed by atoms with van der Waals surface area (Å²) in [6.45, 7) is 2.59. The van der Waals surface area contributed by atoms with Crippen molar-refractivity contribution in [2.75, 3.05) is 25.6 Å². The van der Waals surface area contributed by atoms with Gasteiger partial charge < -0.3 is 14.7 Å². The van der Waals surface area contributed by atoms with E-state index in [0.29, 0.717) is 25.0 Å². The number of carbonyl (C=O) groups excluding carboxylic acids is 1. The second-order valence-corrected chi connectivity index (χ2v) is 11.7. The van der Waals surface area contributed by atoms with Gasteiger partial charge in [-0.3, -0.25) is 4.79 Å². The summed E-state index contributed by atoms with van der Waals surface area (Å²) in [7, 11) is 4.06. The van der Waals surface area contributed by atoms with Gasteiger partial charge in [0.25, 0.3) is 0 Å². The lowest BCUT2D eigenvalue weighted by atomic mass is 9.55. The molecule has 2 aromatic rings. The van der Waals surface area contributed by atoms with Crippen molar-refractivity contribution in [3.05, 3.63) is 88.3 Å². The Bertz CT molecular complexity index is 1410. The van der Waals surface area contributed by atoms with E-state index in [1.807, 2.05) is 14.1 Å². The van der Waals surface area contributed by atoms with Gasteiger partial charge >= 0.3 is 0 Å². The van der Waals surface area contributed by atoms with E-state index in [0.717, 1.165) is 30.5 Å². The molecule has 5 unspecified atom stereocenters. The molecule has 0 bridgehead atoms. The lowest BCUT2D eigenvalue weighted by molar-refractivity contribution is -0.115. The van der Waals surface area contributed by atoms with E-state index in [-0.39, 0.29) is 29.5 Å². The molecule has 2 saturated carbocycles. The number of ketones is 1. The molecule has 5 atom stereocenters. The zero-order chi connectivity index (χ0) is 26.7. The summed E-state index contributed by atoms with van der Waals surface area (Å²) in [6.07, 6.45) is 5.01. The van der Waals surface area contributed by atoms with Crippen LogP contribution in [0.1, 0.15) is 56.1 Å². The Kier molecular flexibility index (Phi) is 6.09. The number of ether oxygens (including phenoxy) is 1. The van der Waals surface area contributed by atoms with Gasteiger partial charge in [0.05, 0.1) is 12.7 Å². The molecule has 38 heavy (non-hydrogen) atoms. The van der Waals surface area contributed by atoms with Crippen LogP contribution in [0.2, 0.25) is 0 Å². The first-order valence-corrected chi connectivity index (χ1v) is 13.6. The van der Waals surface area contributed by atoms with E-state index < -0.39 is 11.0 Å². The molecule has 1 N–H and O–H groups in total. The molecule has 4 aliphatic rings. The highest BCUT2D eigenvalue weighted by Gasteiger charge is 2.63. The third-order valence-corrected chi connectivity index (χ3v) is 9.42. The highest BCUT2D eigenvalue weighted by Crippen LogP contribution is 2.64. The minimum Gasteiger partial charge on any atom is -0.378 e. The summed E-state index contributed by atoms with van der Waals surface area (Å²) in [5.41, 5.74) is 4.74. The van der Waals surface area contributed by atoms with E-state index in [1.54, 1.807) is 18.2 Å². The van der Waals surface area contributed by atoms with E-state index >= 15 is 0 Å². The minimum absolute atomic E-state index is 0.0463. The minimum atomic E-state index is -1.22. The van der Waals surface area contributed by atoms with Crippen LogP contribution < -0.4 is 4.90 Å². The largest absolute Gasteiger partial charge is 0.378 e. The SMILES string of the molecule is CN(C)c1ccc(C2CC3(C)C(CCC3(O)C#Cc3cccc(F)c3)C3OCC4=CC(=O)CCC4=C23)cc1. The molecule has 3 aliphatic carbocycles. The molecule has 0 radical (unpaired) electrons. The van der Waals surface area contributed by atoms with Gasteiger partial charge in [-0.1, -0.05) is 37.0 Å². The smallest absolute Gasteiger partial charge is 0.156 e. The zero-order valence-corrected chi connectivity index (χ0v) is 22.3. The number of benzene rings is 2. The van der Waals surface area contributed by atoms with Crippen LogP contribution in [0, 0.1) is 29.0 Å². The summed E-state index contributed by atoms with van der Waals surface area (Å²) in [6, 6.07) is 14.9. The van der Waals surface area contributed by atoms with Gasteiger partial charge in [-0.25, -0.2) is 4.39 Å². The van der Waals surface area contributed by atoms with Crippen molar-refractivity contribution in [3.8, 4) is 11.8 Å². The van der Waals surface area contributed by atoms with Crippen molar-refractivity contribution in [1.29, 1.82) is 0 Å². The fraction of sp³-hybridized carbons (Fsp3) is 0.424. The fourth-order valence-electron chi connectivity index (χ4n) is 7.27. The van der Waals surface area contributed by atoms with Gasteiger partial charge in [0.1, 0.15) is 11.4 Å². The Balaban J connectivity index is 1.46. The van der Waals surface area contributed by atoms with Crippen LogP contribution in [-0.4, -0.2) is 43.3 Å². The topological polar surface area (TPSA) is 49.8 Å². The van der Waals surface area contributed by atoms with Crippen molar-refractivity contribution in [2.45, 2.75) is 56.7 Å². The number of hydrogen-bond donors (Lipinski definition) is 1. The number of fused-ring (bicyclic) bond motifs is 4. The van der Waals surface area contributed by atoms with Crippen molar-refractivity contribution in [3.63, 3.8) is 0 Å². The molecule has 4 nitrogen and oxygen atoms in total. The Morgan fingerprint density at radius 3 is 2.66 bits per heavy atom. The summed E-state index contributed by atoms with van der Waals surface area (Å²) in [4.78, 5) is 14.3. The molecular weight excluding hydrogens is 477 g/mol. The number of aliphatic hydroxyl groups is 1. The first-order chi connectivity index (χ1) is 18.2. The Hall–Kier alpha value is -3.20. The molecule has 196 valence electrons. The third kappa shape index (κ3) is 4.02. The van der Waals surface area contributed by atoms with Crippen LogP contribution in [-0.2, 0) is 9.53 Å². The molecule has 2 aromatic carbocycles. The molecule has 5 heteroatoms. The fourth-order valence-corrected chi connectivity index (χ4v) is 7.27.